The molecule has 2 heterocycles. The predicted octanol–water partition coefficient (Wildman–Crippen LogP) is 2.57. The first-order valence-corrected chi connectivity index (χ1v) is 12.8. The smallest absolute Gasteiger partial charge is 0.359 e. The molecule has 1 unspecified atom stereocenters. The van der Waals surface area contributed by atoms with Crippen molar-refractivity contribution >= 4 is 39.3 Å². The third-order valence-corrected chi connectivity index (χ3v) is 7.12. The van der Waals surface area contributed by atoms with E-state index in [0.717, 1.165) is 5.56 Å². The van der Waals surface area contributed by atoms with Gasteiger partial charge in [-0.15, -0.1) is 0 Å². The van der Waals surface area contributed by atoms with Gasteiger partial charge in [-0.2, -0.15) is 0 Å². The summed E-state index contributed by atoms with van der Waals surface area (Å²) in [4.78, 5) is 35.1. The summed E-state index contributed by atoms with van der Waals surface area (Å²) in [5.41, 5.74) is 0.846. The van der Waals surface area contributed by atoms with E-state index in [1.807, 2.05) is 44.2 Å². The first-order valence-electron chi connectivity index (χ1n) is 10.6. The summed E-state index contributed by atoms with van der Waals surface area (Å²) >= 11 is 6.07. The number of sulfone groups is 1. The normalized spacial score (nSPS) is 17.0. The van der Waals surface area contributed by atoms with Gasteiger partial charge in [-0.25, -0.2) is 23.2 Å². The van der Waals surface area contributed by atoms with Gasteiger partial charge in [-0.05, 0) is 17.9 Å². The van der Waals surface area contributed by atoms with Crippen molar-refractivity contribution in [2.75, 3.05) is 30.0 Å². The number of halogens is 1. The summed E-state index contributed by atoms with van der Waals surface area (Å²) in [7, 11) is -3.16. The van der Waals surface area contributed by atoms with Crippen molar-refractivity contribution in [2.24, 2.45) is 5.92 Å². The summed E-state index contributed by atoms with van der Waals surface area (Å²) in [6.45, 7) is 4.15. The van der Waals surface area contributed by atoms with Crippen LogP contribution in [0.3, 0.4) is 0 Å². The number of carbonyl (C=O) groups is 2. The van der Waals surface area contributed by atoms with E-state index in [-0.39, 0.29) is 34.1 Å². The molecule has 1 N–H and O–H groups in total. The number of ether oxygens (including phenoxy) is 1. The lowest BCUT2D eigenvalue weighted by molar-refractivity contribution is -0.137. The summed E-state index contributed by atoms with van der Waals surface area (Å²) < 4.78 is 28.9. The largest absolute Gasteiger partial charge is 0.451 e. The lowest BCUT2D eigenvalue weighted by Gasteiger charge is -2.29. The van der Waals surface area contributed by atoms with Crippen molar-refractivity contribution in [3.63, 3.8) is 0 Å². The lowest BCUT2D eigenvalue weighted by atomic mass is 10.1. The Balaban J connectivity index is 1.63. The summed E-state index contributed by atoms with van der Waals surface area (Å²) in [6.07, 6.45) is 1.66. The Bertz CT molecular complexity index is 1100. The number of aromatic nitrogens is 2. The predicted molar refractivity (Wildman–Crippen MR) is 125 cm³/mol. The zero-order valence-electron chi connectivity index (χ0n) is 18.5. The Morgan fingerprint density at radius 1 is 1.27 bits per heavy atom. The highest BCUT2D eigenvalue weighted by molar-refractivity contribution is 7.91. The second-order valence-electron chi connectivity index (χ2n) is 8.30. The molecule has 0 spiro atoms. The molecule has 1 aromatic heterocycles. The van der Waals surface area contributed by atoms with Crippen LogP contribution < -0.4 is 5.32 Å². The average Bonchev–Trinajstić information content (AvgIpc) is 3.15. The van der Waals surface area contributed by atoms with E-state index in [1.165, 1.54) is 11.1 Å². The number of benzene rings is 1. The van der Waals surface area contributed by atoms with Gasteiger partial charge in [0.15, 0.2) is 22.1 Å². The molecule has 11 heteroatoms. The van der Waals surface area contributed by atoms with Gasteiger partial charge in [0, 0.05) is 19.1 Å². The van der Waals surface area contributed by atoms with Crippen LogP contribution in [0, 0.1) is 5.92 Å². The first kappa shape index (κ1) is 24.9. The second-order valence-corrected chi connectivity index (χ2v) is 10.9. The monoisotopic (exact) mass is 494 g/mol. The van der Waals surface area contributed by atoms with Crippen molar-refractivity contribution in [2.45, 2.75) is 32.9 Å². The molecule has 0 aliphatic carbocycles. The number of hydrogen-bond acceptors (Lipinski definition) is 8. The van der Waals surface area contributed by atoms with E-state index < -0.39 is 34.4 Å². The molecule has 1 saturated heterocycles. The maximum absolute atomic E-state index is 12.8. The maximum Gasteiger partial charge on any atom is 0.359 e. The van der Waals surface area contributed by atoms with Crippen LogP contribution in [-0.4, -0.2) is 65.9 Å². The molecule has 0 saturated carbocycles. The molecule has 1 aliphatic rings. The van der Waals surface area contributed by atoms with Gasteiger partial charge in [0.1, 0.15) is 0 Å². The maximum atomic E-state index is 12.8. The van der Waals surface area contributed by atoms with E-state index in [9.17, 15) is 18.0 Å². The van der Waals surface area contributed by atoms with Gasteiger partial charge in [-0.3, -0.25) is 4.79 Å². The van der Waals surface area contributed by atoms with Crippen molar-refractivity contribution in [3.05, 3.63) is 52.8 Å². The molecule has 1 aromatic carbocycles. The van der Waals surface area contributed by atoms with Crippen molar-refractivity contribution < 1.29 is 22.7 Å². The van der Waals surface area contributed by atoms with Gasteiger partial charge in [0.25, 0.3) is 5.91 Å². The molecule has 1 atom stereocenters. The number of esters is 1. The minimum atomic E-state index is -3.16. The first-order chi connectivity index (χ1) is 15.6. The highest BCUT2D eigenvalue weighted by atomic mass is 35.5. The molecule has 178 valence electrons. The Kier molecular flexibility index (Phi) is 8.25. The fourth-order valence-corrected chi connectivity index (χ4v) is 5.42. The molecular weight excluding hydrogens is 468 g/mol. The van der Waals surface area contributed by atoms with E-state index >= 15 is 0 Å². The summed E-state index contributed by atoms with van der Waals surface area (Å²) in [5.74, 6) is -1.02. The molecular formula is C22H27ClN4O5S. The second kappa shape index (κ2) is 10.9. The molecule has 3 rings (SSSR count). The van der Waals surface area contributed by atoms with Crippen molar-refractivity contribution in [1.82, 2.24) is 14.9 Å². The zero-order chi connectivity index (χ0) is 24.0. The number of amides is 1. The quantitative estimate of drug-likeness (QED) is 0.528. The standard InChI is InChI=1S/C22H27ClN4O5S/c1-15(2)12-27(17-8-9-33(30,31)14-17)19(28)13-32-21(29)20-18(23)11-25-22(26-20)24-10-16-6-4-3-5-7-16/h3-7,11,15,17H,8-10,12-14H2,1-2H3,(H,24,25,26). The number of hydrogen-bond donors (Lipinski definition) is 1. The van der Waals surface area contributed by atoms with Gasteiger partial charge in [-0.1, -0.05) is 55.8 Å². The van der Waals surface area contributed by atoms with Crippen LogP contribution in [0.2, 0.25) is 5.02 Å². The molecule has 33 heavy (non-hydrogen) atoms. The van der Waals surface area contributed by atoms with E-state index in [0.29, 0.717) is 19.5 Å². The number of anilines is 1. The van der Waals surface area contributed by atoms with Crippen molar-refractivity contribution in [1.29, 1.82) is 0 Å². The van der Waals surface area contributed by atoms with Crippen LogP contribution in [0.4, 0.5) is 5.95 Å². The number of nitrogens with one attached hydrogen (secondary N) is 1. The Morgan fingerprint density at radius 2 is 2.00 bits per heavy atom. The molecule has 1 aliphatic heterocycles. The zero-order valence-corrected chi connectivity index (χ0v) is 20.1. The topological polar surface area (TPSA) is 119 Å². The lowest BCUT2D eigenvalue weighted by Crippen LogP contribution is -2.45. The molecule has 1 fully saturated rings. The van der Waals surface area contributed by atoms with Crippen LogP contribution in [-0.2, 0) is 25.9 Å². The van der Waals surface area contributed by atoms with Crippen LogP contribution >= 0.6 is 11.6 Å². The minimum absolute atomic E-state index is 0.00127. The number of rotatable bonds is 9. The SMILES string of the molecule is CC(C)CN(C(=O)COC(=O)c1nc(NCc2ccccc2)ncc1Cl)C1CCS(=O)(=O)C1. The third kappa shape index (κ3) is 7.13. The van der Waals surface area contributed by atoms with Crippen LogP contribution in [0.25, 0.3) is 0 Å². The average molecular weight is 495 g/mol. The van der Waals surface area contributed by atoms with E-state index in [4.69, 9.17) is 16.3 Å². The van der Waals surface area contributed by atoms with Crippen LogP contribution in [0.15, 0.2) is 36.5 Å². The molecule has 9 nitrogen and oxygen atoms in total. The van der Waals surface area contributed by atoms with E-state index in [1.54, 1.807) is 0 Å². The fraction of sp³-hybridized carbons (Fsp3) is 0.455. The Morgan fingerprint density at radius 3 is 2.64 bits per heavy atom. The van der Waals surface area contributed by atoms with Gasteiger partial charge in [0.05, 0.1) is 22.7 Å². The minimum Gasteiger partial charge on any atom is -0.451 e. The van der Waals surface area contributed by atoms with Gasteiger partial charge in [0.2, 0.25) is 5.95 Å². The Labute approximate surface area is 198 Å². The van der Waals surface area contributed by atoms with E-state index in [2.05, 4.69) is 15.3 Å². The highest BCUT2D eigenvalue weighted by Crippen LogP contribution is 2.20. The van der Waals surface area contributed by atoms with Gasteiger partial charge >= 0.3 is 5.97 Å². The Hall–Kier alpha value is -2.72. The summed E-state index contributed by atoms with van der Waals surface area (Å²) in [6, 6.07) is 9.17. The molecule has 0 bridgehead atoms. The third-order valence-electron chi connectivity index (χ3n) is 5.09. The summed E-state index contributed by atoms with van der Waals surface area (Å²) in [5, 5.41) is 3.01. The van der Waals surface area contributed by atoms with Gasteiger partial charge < -0.3 is 15.0 Å². The highest BCUT2D eigenvalue weighted by Gasteiger charge is 2.35. The number of carbonyl (C=O) groups excluding carboxylic acids is 2. The molecule has 0 radical (unpaired) electrons. The molecule has 2 aromatic rings. The molecule has 1 amide bonds. The fourth-order valence-electron chi connectivity index (χ4n) is 3.52. The van der Waals surface area contributed by atoms with Crippen LogP contribution in [0.1, 0.15) is 36.3 Å². The number of nitrogens with zero attached hydrogens (tertiary/aromatic N) is 3. The van der Waals surface area contributed by atoms with Crippen molar-refractivity contribution in [3.8, 4) is 0 Å². The van der Waals surface area contributed by atoms with Crippen LogP contribution in [0.5, 0.6) is 0 Å².